The van der Waals surface area contributed by atoms with Gasteiger partial charge >= 0.3 is 5.97 Å². The van der Waals surface area contributed by atoms with Crippen molar-refractivity contribution in [2.45, 2.75) is 37.5 Å². The number of carbonyl (C=O) groups is 1. The first-order valence-electron chi connectivity index (χ1n) is 7.73. The van der Waals surface area contributed by atoms with Gasteiger partial charge in [0.15, 0.2) is 0 Å². The Bertz CT molecular complexity index is 896. The Kier molecular flexibility index (Phi) is 4.17. The predicted molar refractivity (Wildman–Crippen MR) is 92.8 cm³/mol. The number of rotatable bonds is 3. The molecule has 0 saturated carbocycles. The molecule has 1 aliphatic rings. The fourth-order valence-corrected chi connectivity index (χ4v) is 5.35. The normalized spacial score (nSPS) is 19.9. The first-order valence-corrected chi connectivity index (χ1v) is 9.99. The van der Waals surface area contributed by atoms with Crippen LogP contribution >= 0.6 is 11.3 Å². The minimum absolute atomic E-state index is 0.0334. The zero-order chi connectivity index (χ0) is 17.7. The van der Waals surface area contributed by atoms with E-state index in [0.717, 1.165) is 15.2 Å². The van der Waals surface area contributed by atoms with Crippen LogP contribution in [0.1, 0.15) is 32.2 Å². The summed E-state index contributed by atoms with van der Waals surface area (Å²) in [4.78, 5) is 15.8. The zero-order valence-corrected chi connectivity index (χ0v) is 15.4. The third-order valence-electron chi connectivity index (χ3n) is 4.14. The minimum Gasteiger partial charge on any atom is -0.481 e. The Morgan fingerprint density at radius 1 is 1.38 bits per heavy atom. The number of sulfonamides is 1. The molecule has 3 rings (SSSR count). The smallest absolute Gasteiger partial charge is 0.307 e. The van der Waals surface area contributed by atoms with Crippen LogP contribution < -0.4 is 0 Å². The van der Waals surface area contributed by atoms with Gasteiger partial charge in [-0.25, -0.2) is 13.4 Å². The van der Waals surface area contributed by atoms with Gasteiger partial charge in [0.1, 0.15) is 0 Å². The van der Waals surface area contributed by atoms with Gasteiger partial charge in [-0.1, -0.05) is 20.8 Å². The summed E-state index contributed by atoms with van der Waals surface area (Å²) in [5.74, 6) is -1.57. The standard InChI is InChI=1S/C16H20N2O4S2/c1-16(2,3)15-17-12-5-4-11(8-13(12)23-15)24(21,22)18-7-6-10(9-18)14(19)20/h4-5,8,10H,6-7,9H2,1-3H3,(H,19,20). The summed E-state index contributed by atoms with van der Waals surface area (Å²) in [5, 5.41) is 10.0. The number of aromatic nitrogens is 1. The second-order valence-electron chi connectivity index (χ2n) is 7.09. The maximum absolute atomic E-state index is 12.8. The lowest BCUT2D eigenvalue weighted by Gasteiger charge is -2.15. The van der Waals surface area contributed by atoms with Gasteiger partial charge in [0, 0.05) is 18.5 Å². The lowest BCUT2D eigenvalue weighted by molar-refractivity contribution is -0.141. The lowest BCUT2D eigenvalue weighted by atomic mass is 9.98. The number of carboxylic acid groups (broad SMARTS) is 1. The fourth-order valence-electron chi connectivity index (χ4n) is 2.68. The van der Waals surface area contributed by atoms with Crippen LogP contribution in [-0.2, 0) is 20.2 Å². The van der Waals surface area contributed by atoms with E-state index in [1.807, 2.05) is 0 Å². The quantitative estimate of drug-likeness (QED) is 0.900. The molecule has 1 N–H and O–H groups in total. The summed E-state index contributed by atoms with van der Waals surface area (Å²) in [5.41, 5.74) is 0.695. The molecule has 24 heavy (non-hydrogen) atoms. The predicted octanol–water partition coefficient (Wildman–Crippen LogP) is 2.69. The second kappa shape index (κ2) is 5.79. The number of fused-ring (bicyclic) bond motifs is 1. The van der Waals surface area contributed by atoms with Gasteiger partial charge in [0.2, 0.25) is 10.0 Å². The Morgan fingerprint density at radius 3 is 2.67 bits per heavy atom. The molecule has 1 aromatic heterocycles. The highest BCUT2D eigenvalue weighted by molar-refractivity contribution is 7.89. The van der Waals surface area contributed by atoms with Crippen LogP contribution in [0.3, 0.4) is 0 Å². The van der Waals surface area contributed by atoms with Crippen LogP contribution in [0.2, 0.25) is 0 Å². The molecule has 1 saturated heterocycles. The number of aliphatic carboxylic acids is 1. The van der Waals surface area contributed by atoms with E-state index < -0.39 is 21.9 Å². The van der Waals surface area contributed by atoms with Crippen molar-refractivity contribution in [3.8, 4) is 0 Å². The van der Waals surface area contributed by atoms with Crippen molar-refractivity contribution in [3.05, 3.63) is 23.2 Å². The second-order valence-corrected chi connectivity index (χ2v) is 10.1. The topological polar surface area (TPSA) is 87.6 Å². The number of nitrogens with zero attached hydrogens (tertiary/aromatic N) is 2. The first-order chi connectivity index (χ1) is 11.1. The van der Waals surface area contributed by atoms with Gasteiger partial charge in [-0.3, -0.25) is 4.79 Å². The Balaban J connectivity index is 1.95. The van der Waals surface area contributed by atoms with Crippen LogP contribution in [0, 0.1) is 5.92 Å². The number of thiazole rings is 1. The molecule has 0 bridgehead atoms. The Labute approximate surface area is 145 Å². The molecule has 1 atom stereocenters. The molecule has 1 aliphatic heterocycles. The van der Waals surface area contributed by atoms with Crippen LogP contribution in [0.5, 0.6) is 0 Å². The van der Waals surface area contributed by atoms with Gasteiger partial charge in [0.05, 0.1) is 26.0 Å². The number of benzene rings is 1. The average molecular weight is 368 g/mol. The largest absolute Gasteiger partial charge is 0.481 e. The third-order valence-corrected chi connectivity index (χ3v) is 7.44. The molecule has 1 aromatic carbocycles. The molecular weight excluding hydrogens is 348 g/mol. The molecule has 6 nitrogen and oxygen atoms in total. The Morgan fingerprint density at radius 2 is 2.08 bits per heavy atom. The van der Waals surface area contributed by atoms with Crippen LogP contribution in [0.15, 0.2) is 23.1 Å². The summed E-state index contributed by atoms with van der Waals surface area (Å²) in [6, 6.07) is 4.92. The summed E-state index contributed by atoms with van der Waals surface area (Å²) in [6.45, 7) is 6.48. The van der Waals surface area contributed by atoms with Gasteiger partial charge in [-0.2, -0.15) is 4.31 Å². The van der Waals surface area contributed by atoms with Crippen LogP contribution in [0.4, 0.5) is 0 Å². The van der Waals surface area contributed by atoms with Gasteiger partial charge in [-0.05, 0) is 24.6 Å². The van der Waals surface area contributed by atoms with E-state index in [1.165, 1.54) is 15.6 Å². The monoisotopic (exact) mass is 368 g/mol. The average Bonchev–Trinajstić information content (AvgIpc) is 3.13. The van der Waals surface area contributed by atoms with E-state index in [2.05, 4.69) is 25.8 Å². The van der Waals surface area contributed by atoms with E-state index in [1.54, 1.807) is 18.2 Å². The number of carboxylic acids is 1. The minimum atomic E-state index is -3.67. The highest BCUT2D eigenvalue weighted by Gasteiger charge is 2.36. The molecule has 1 fully saturated rings. The van der Waals surface area contributed by atoms with Crippen molar-refractivity contribution in [1.82, 2.24) is 9.29 Å². The van der Waals surface area contributed by atoms with E-state index >= 15 is 0 Å². The molecular formula is C16H20N2O4S2. The van der Waals surface area contributed by atoms with Crippen molar-refractivity contribution in [1.29, 1.82) is 0 Å². The first kappa shape index (κ1) is 17.3. The summed E-state index contributed by atoms with van der Waals surface area (Å²) < 4.78 is 27.6. The van der Waals surface area contributed by atoms with E-state index in [4.69, 9.17) is 5.11 Å². The van der Waals surface area contributed by atoms with Crippen molar-refractivity contribution in [2.75, 3.05) is 13.1 Å². The maximum atomic E-state index is 12.8. The summed E-state index contributed by atoms with van der Waals surface area (Å²) in [6.07, 6.45) is 0.353. The Hall–Kier alpha value is -1.51. The van der Waals surface area contributed by atoms with Gasteiger partial charge in [-0.15, -0.1) is 11.3 Å². The van der Waals surface area contributed by atoms with Gasteiger partial charge in [0.25, 0.3) is 0 Å². The van der Waals surface area contributed by atoms with Crippen molar-refractivity contribution in [3.63, 3.8) is 0 Å². The highest BCUT2D eigenvalue weighted by Crippen LogP contribution is 2.33. The molecule has 2 heterocycles. The molecule has 8 heteroatoms. The molecule has 0 radical (unpaired) electrons. The summed E-state index contributed by atoms with van der Waals surface area (Å²) >= 11 is 1.49. The van der Waals surface area contributed by atoms with Gasteiger partial charge < -0.3 is 5.11 Å². The number of hydrogen-bond acceptors (Lipinski definition) is 5. The third kappa shape index (κ3) is 3.05. The lowest BCUT2D eigenvalue weighted by Crippen LogP contribution is -2.30. The summed E-state index contributed by atoms with van der Waals surface area (Å²) in [7, 11) is -3.67. The molecule has 0 aliphatic carbocycles. The van der Waals surface area contributed by atoms with Crippen LogP contribution in [-0.4, -0.2) is 41.9 Å². The maximum Gasteiger partial charge on any atom is 0.307 e. The molecule has 2 aromatic rings. The van der Waals surface area contributed by atoms with Crippen LogP contribution in [0.25, 0.3) is 10.2 Å². The molecule has 0 amide bonds. The van der Waals surface area contributed by atoms with E-state index in [0.29, 0.717) is 6.42 Å². The fraction of sp³-hybridized carbons (Fsp3) is 0.500. The zero-order valence-electron chi connectivity index (χ0n) is 13.8. The molecule has 130 valence electrons. The SMILES string of the molecule is CC(C)(C)c1nc2ccc(S(=O)(=O)N3CCC(C(=O)O)C3)cc2s1. The molecule has 1 unspecified atom stereocenters. The van der Waals surface area contributed by atoms with Crippen molar-refractivity contribution in [2.24, 2.45) is 5.92 Å². The molecule has 0 spiro atoms. The van der Waals surface area contributed by atoms with E-state index in [9.17, 15) is 13.2 Å². The van der Waals surface area contributed by atoms with Crippen molar-refractivity contribution < 1.29 is 18.3 Å². The van der Waals surface area contributed by atoms with E-state index in [-0.39, 0.29) is 23.4 Å². The highest BCUT2D eigenvalue weighted by atomic mass is 32.2. The van der Waals surface area contributed by atoms with Crippen molar-refractivity contribution >= 4 is 37.5 Å². The number of hydrogen-bond donors (Lipinski definition) is 1.